The number of nitrogens with two attached hydrogens (primary N) is 1. The van der Waals surface area contributed by atoms with Gasteiger partial charge in [0.15, 0.2) is 0 Å². The van der Waals surface area contributed by atoms with Gasteiger partial charge in [-0.3, -0.25) is 0 Å². The maximum absolute atomic E-state index is 5.59. The van der Waals surface area contributed by atoms with Crippen LogP contribution in [0.25, 0.3) is 0 Å². The SMILES string of the molecule is CCc1ccc(OC)c(CNCC(C)CN)c1. The molecule has 1 atom stereocenters. The van der Waals surface area contributed by atoms with Crippen LogP contribution in [0.5, 0.6) is 5.75 Å². The second kappa shape index (κ2) is 7.30. The van der Waals surface area contributed by atoms with Crippen molar-refractivity contribution >= 4 is 0 Å². The molecule has 0 aromatic heterocycles. The van der Waals surface area contributed by atoms with Gasteiger partial charge in [0.25, 0.3) is 0 Å². The van der Waals surface area contributed by atoms with E-state index in [4.69, 9.17) is 10.5 Å². The molecule has 3 N–H and O–H groups in total. The predicted octanol–water partition coefficient (Wildman–Crippen LogP) is 1.94. The summed E-state index contributed by atoms with van der Waals surface area (Å²) in [5.41, 5.74) is 8.15. The van der Waals surface area contributed by atoms with Gasteiger partial charge in [-0.15, -0.1) is 0 Å². The highest BCUT2D eigenvalue weighted by molar-refractivity contribution is 5.37. The highest BCUT2D eigenvalue weighted by Crippen LogP contribution is 2.20. The summed E-state index contributed by atoms with van der Waals surface area (Å²) >= 11 is 0. The summed E-state index contributed by atoms with van der Waals surface area (Å²) in [6.45, 7) is 6.80. The van der Waals surface area contributed by atoms with Gasteiger partial charge in [-0.2, -0.15) is 0 Å². The number of hydrogen-bond donors (Lipinski definition) is 2. The zero-order valence-electron chi connectivity index (χ0n) is 11.1. The van der Waals surface area contributed by atoms with E-state index < -0.39 is 0 Å². The van der Waals surface area contributed by atoms with Crippen molar-refractivity contribution < 1.29 is 4.74 Å². The Morgan fingerprint density at radius 1 is 1.41 bits per heavy atom. The molecule has 0 aliphatic carbocycles. The van der Waals surface area contributed by atoms with Gasteiger partial charge in [0.2, 0.25) is 0 Å². The van der Waals surface area contributed by atoms with Crippen LogP contribution in [0.15, 0.2) is 18.2 Å². The minimum atomic E-state index is 0.510. The van der Waals surface area contributed by atoms with Gasteiger partial charge in [-0.25, -0.2) is 0 Å². The van der Waals surface area contributed by atoms with E-state index in [-0.39, 0.29) is 0 Å². The number of ether oxygens (including phenoxy) is 1. The van der Waals surface area contributed by atoms with Crippen molar-refractivity contribution in [3.63, 3.8) is 0 Å². The fourth-order valence-electron chi connectivity index (χ4n) is 1.73. The third-order valence-corrected chi connectivity index (χ3v) is 2.96. The maximum Gasteiger partial charge on any atom is 0.123 e. The Morgan fingerprint density at radius 3 is 2.76 bits per heavy atom. The van der Waals surface area contributed by atoms with Crippen LogP contribution in [0, 0.1) is 5.92 Å². The second-order valence-electron chi connectivity index (χ2n) is 4.47. The van der Waals surface area contributed by atoms with E-state index in [0.29, 0.717) is 5.92 Å². The first-order chi connectivity index (χ1) is 8.21. The van der Waals surface area contributed by atoms with Gasteiger partial charge in [0.05, 0.1) is 7.11 Å². The lowest BCUT2D eigenvalue weighted by molar-refractivity contribution is 0.406. The Balaban J connectivity index is 2.61. The normalized spacial score (nSPS) is 12.5. The van der Waals surface area contributed by atoms with Crippen LogP contribution in [0.1, 0.15) is 25.0 Å². The van der Waals surface area contributed by atoms with Gasteiger partial charge in [0, 0.05) is 12.1 Å². The zero-order chi connectivity index (χ0) is 12.7. The van der Waals surface area contributed by atoms with Crippen LogP contribution in [0.4, 0.5) is 0 Å². The molecule has 0 heterocycles. The van der Waals surface area contributed by atoms with Crippen molar-refractivity contribution in [2.75, 3.05) is 20.2 Å². The van der Waals surface area contributed by atoms with E-state index in [0.717, 1.165) is 31.8 Å². The first-order valence-corrected chi connectivity index (χ1v) is 6.27. The number of hydrogen-bond acceptors (Lipinski definition) is 3. The zero-order valence-corrected chi connectivity index (χ0v) is 11.1. The quantitative estimate of drug-likeness (QED) is 0.760. The molecule has 0 saturated carbocycles. The van der Waals surface area contributed by atoms with Crippen molar-refractivity contribution in [2.45, 2.75) is 26.8 Å². The van der Waals surface area contributed by atoms with Crippen LogP contribution >= 0.6 is 0 Å². The fraction of sp³-hybridized carbons (Fsp3) is 0.571. The van der Waals surface area contributed by atoms with Crippen LogP contribution in [-0.2, 0) is 13.0 Å². The van der Waals surface area contributed by atoms with Crippen molar-refractivity contribution in [3.05, 3.63) is 29.3 Å². The number of aryl methyl sites for hydroxylation is 1. The van der Waals surface area contributed by atoms with Crippen molar-refractivity contribution in [1.82, 2.24) is 5.32 Å². The molecular formula is C14H24N2O. The standard InChI is InChI=1S/C14H24N2O/c1-4-12-5-6-14(17-3)13(7-12)10-16-9-11(2)8-15/h5-7,11,16H,4,8-10,15H2,1-3H3. The molecule has 0 aliphatic rings. The summed E-state index contributed by atoms with van der Waals surface area (Å²) in [6.07, 6.45) is 1.05. The van der Waals surface area contributed by atoms with Crippen molar-refractivity contribution in [2.24, 2.45) is 11.7 Å². The number of benzene rings is 1. The number of nitrogens with one attached hydrogen (secondary N) is 1. The highest BCUT2D eigenvalue weighted by Gasteiger charge is 2.04. The predicted molar refractivity (Wildman–Crippen MR) is 72.3 cm³/mol. The molecule has 0 bridgehead atoms. The van der Waals surface area contributed by atoms with Gasteiger partial charge in [-0.05, 0) is 37.1 Å². The molecule has 3 heteroatoms. The van der Waals surface area contributed by atoms with Crippen molar-refractivity contribution in [1.29, 1.82) is 0 Å². The molecule has 1 unspecified atom stereocenters. The van der Waals surface area contributed by atoms with E-state index in [2.05, 4.69) is 31.3 Å². The lowest BCUT2D eigenvalue weighted by Gasteiger charge is -2.13. The third kappa shape index (κ3) is 4.36. The minimum absolute atomic E-state index is 0.510. The summed E-state index contributed by atoms with van der Waals surface area (Å²) in [4.78, 5) is 0. The topological polar surface area (TPSA) is 47.3 Å². The molecular weight excluding hydrogens is 212 g/mol. The Kier molecular flexibility index (Phi) is 6.01. The summed E-state index contributed by atoms with van der Waals surface area (Å²) in [6, 6.07) is 6.37. The van der Waals surface area contributed by atoms with Gasteiger partial charge < -0.3 is 15.8 Å². The Morgan fingerprint density at radius 2 is 2.18 bits per heavy atom. The first kappa shape index (κ1) is 14.0. The van der Waals surface area contributed by atoms with E-state index in [9.17, 15) is 0 Å². The van der Waals surface area contributed by atoms with Gasteiger partial charge in [-0.1, -0.05) is 26.0 Å². The molecule has 1 aromatic carbocycles. The van der Waals surface area contributed by atoms with Crippen LogP contribution in [-0.4, -0.2) is 20.2 Å². The lowest BCUT2D eigenvalue weighted by Crippen LogP contribution is -2.25. The van der Waals surface area contributed by atoms with Gasteiger partial charge in [0.1, 0.15) is 5.75 Å². The Labute approximate surface area is 104 Å². The smallest absolute Gasteiger partial charge is 0.123 e. The molecule has 0 amide bonds. The molecule has 96 valence electrons. The highest BCUT2D eigenvalue weighted by atomic mass is 16.5. The van der Waals surface area contributed by atoms with Crippen LogP contribution < -0.4 is 15.8 Å². The summed E-state index contributed by atoms with van der Waals surface area (Å²) in [5.74, 6) is 1.46. The van der Waals surface area contributed by atoms with Crippen LogP contribution in [0.3, 0.4) is 0 Å². The first-order valence-electron chi connectivity index (χ1n) is 6.27. The summed E-state index contributed by atoms with van der Waals surface area (Å²) in [7, 11) is 1.72. The summed E-state index contributed by atoms with van der Waals surface area (Å²) in [5, 5.41) is 3.42. The fourth-order valence-corrected chi connectivity index (χ4v) is 1.73. The molecule has 17 heavy (non-hydrogen) atoms. The molecule has 0 radical (unpaired) electrons. The number of methoxy groups -OCH3 is 1. The van der Waals surface area contributed by atoms with E-state index in [1.54, 1.807) is 7.11 Å². The van der Waals surface area contributed by atoms with E-state index in [1.807, 2.05) is 6.07 Å². The second-order valence-corrected chi connectivity index (χ2v) is 4.47. The average Bonchev–Trinajstić information content (AvgIpc) is 2.38. The van der Waals surface area contributed by atoms with Crippen LogP contribution in [0.2, 0.25) is 0 Å². The molecule has 0 spiro atoms. The van der Waals surface area contributed by atoms with E-state index >= 15 is 0 Å². The molecule has 1 aromatic rings. The molecule has 0 fully saturated rings. The largest absolute Gasteiger partial charge is 0.496 e. The Hall–Kier alpha value is -1.06. The van der Waals surface area contributed by atoms with Gasteiger partial charge >= 0.3 is 0 Å². The minimum Gasteiger partial charge on any atom is -0.496 e. The lowest BCUT2D eigenvalue weighted by atomic mass is 10.1. The third-order valence-electron chi connectivity index (χ3n) is 2.96. The summed E-state index contributed by atoms with van der Waals surface area (Å²) < 4.78 is 5.36. The monoisotopic (exact) mass is 236 g/mol. The maximum atomic E-state index is 5.59. The molecule has 0 aliphatic heterocycles. The molecule has 3 nitrogen and oxygen atoms in total. The Bertz CT molecular complexity index is 339. The van der Waals surface area contributed by atoms with E-state index in [1.165, 1.54) is 11.1 Å². The number of rotatable bonds is 7. The van der Waals surface area contributed by atoms with Crippen molar-refractivity contribution in [3.8, 4) is 5.75 Å². The molecule has 1 rings (SSSR count). The molecule has 0 saturated heterocycles. The average molecular weight is 236 g/mol.